The molecule has 0 fully saturated rings. The van der Waals surface area contributed by atoms with Crippen molar-refractivity contribution in [2.45, 2.75) is 12.8 Å². The van der Waals surface area contributed by atoms with Crippen molar-refractivity contribution in [2.24, 2.45) is 10.2 Å². The summed E-state index contributed by atoms with van der Waals surface area (Å²) in [5.74, 6) is -0.428. The van der Waals surface area contributed by atoms with Gasteiger partial charge in [0.05, 0.1) is 12.4 Å². The fourth-order valence-corrected chi connectivity index (χ4v) is 2.91. The first-order valence-corrected chi connectivity index (χ1v) is 9.92. The van der Waals surface area contributed by atoms with Gasteiger partial charge in [0.1, 0.15) is 11.6 Å². The van der Waals surface area contributed by atoms with Crippen molar-refractivity contribution in [1.82, 2.24) is 10.9 Å². The monoisotopic (exact) mass is 418 g/mol. The number of carbonyl (C=O) groups excluding carboxylic acids is 2. The van der Waals surface area contributed by atoms with Crippen LogP contribution in [0.3, 0.4) is 0 Å². The first-order valence-electron chi connectivity index (χ1n) is 8.77. The predicted molar refractivity (Wildman–Crippen MR) is 111 cm³/mol. The van der Waals surface area contributed by atoms with E-state index in [1.807, 2.05) is 0 Å². The van der Waals surface area contributed by atoms with Crippen LogP contribution in [0.4, 0.5) is 8.78 Å². The molecule has 152 valence electrons. The molecule has 0 aliphatic carbocycles. The molecule has 0 bridgehead atoms. The van der Waals surface area contributed by atoms with Crippen LogP contribution in [-0.2, 0) is 9.59 Å². The molecule has 0 unspecified atom stereocenters. The Hall–Kier alpha value is -3.07. The first-order chi connectivity index (χ1) is 14.1. The Bertz CT molecular complexity index is 819. The van der Waals surface area contributed by atoms with E-state index in [0.717, 1.165) is 0 Å². The summed E-state index contributed by atoms with van der Waals surface area (Å²) in [6.07, 6.45) is 2.91. The van der Waals surface area contributed by atoms with Crippen molar-refractivity contribution in [3.8, 4) is 0 Å². The van der Waals surface area contributed by atoms with E-state index in [0.29, 0.717) is 11.5 Å². The molecule has 0 saturated heterocycles. The van der Waals surface area contributed by atoms with Gasteiger partial charge in [-0.1, -0.05) is 36.4 Å². The lowest BCUT2D eigenvalue weighted by Crippen LogP contribution is -2.19. The van der Waals surface area contributed by atoms with Crippen molar-refractivity contribution in [2.75, 3.05) is 11.5 Å². The number of halogens is 2. The summed E-state index contributed by atoms with van der Waals surface area (Å²) in [6, 6.07) is 12.2. The zero-order chi connectivity index (χ0) is 20.9. The number of hydrazone groups is 2. The van der Waals surface area contributed by atoms with Gasteiger partial charge in [-0.05, 0) is 12.1 Å². The Labute approximate surface area is 171 Å². The maximum Gasteiger partial charge on any atom is 0.240 e. The second kappa shape index (κ2) is 12.4. The number of thioether (sulfide) groups is 1. The Morgan fingerprint density at radius 3 is 1.62 bits per heavy atom. The van der Waals surface area contributed by atoms with Gasteiger partial charge in [-0.15, -0.1) is 0 Å². The van der Waals surface area contributed by atoms with E-state index < -0.39 is 11.6 Å². The number of nitrogens with one attached hydrogen (secondary N) is 2. The molecular weight excluding hydrogens is 398 g/mol. The van der Waals surface area contributed by atoms with E-state index in [1.54, 1.807) is 36.4 Å². The third-order valence-electron chi connectivity index (χ3n) is 3.54. The van der Waals surface area contributed by atoms with Gasteiger partial charge in [-0.2, -0.15) is 22.0 Å². The smallest absolute Gasteiger partial charge is 0.240 e. The summed E-state index contributed by atoms with van der Waals surface area (Å²) in [7, 11) is 0. The summed E-state index contributed by atoms with van der Waals surface area (Å²) >= 11 is 1.43. The van der Waals surface area contributed by atoms with Crippen LogP contribution in [0.5, 0.6) is 0 Å². The van der Waals surface area contributed by atoms with Crippen molar-refractivity contribution < 1.29 is 18.4 Å². The molecule has 0 heterocycles. The zero-order valence-electron chi connectivity index (χ0n) is 15.5. The maximum absolute atomic E-state index is 13.4. The van der Waals surface area contributed by atoms with Gasteiger partial charge in [0.15, 0.2) is 0 Å². The number of hydrogen-bond donors (Lipinski definition) is 2. The molecule has 2 aromatic carbocycles. The summed E-state index contributed by atoms with van der Waals surface area (Å²) in [4.78, 5) is 23.3. The second-order valence-corrected chi connectivity index (χ2v) is 6.97. The average molecular weight is 418 g/mol. The third-order valence-corrected chi connectivity index (χ3v) is 4.53. The molecule has 0 spiro atoms. The number of rotatable bonds is 10. The van der Waals surface area contributed by atoms with E-state index >= 15 is 0 Å². The standard InChI is InChI=1S/C20H20F2N4O2S/c21-17-7-3-1-5-15(17)13-23-25-19(27)9-11-29-12-10-20(28)26-24-14-16-6-2-4-8-18(16)22/h1-8,13-14H,9-12H2,(H,25,27)(H,26,28)/b23-13-,24-14+. The van der Waals surface area contributed by atoms with Crippen LogP contribution in [0.2, 0.25) is 0 Å². The molecule has 0 saturated carbocycles. The quantitative estimate of drug-likeness (QED) is 0.353. The molecule has 6 nitrogen and oxygen atoms in total. The Kier molecular flexibility index (Phi) is 9.50. The highest BCUT2D eigenvalue weighted by molar-refractivity contribution is 7.99. The van der Waals surface area contributed by atoms with E-state index in [2.05, 4.69) is 21.1 Å². The Balaban J connectivity index is 1.56. The Morgan fingerprint density at radius 1 is 0.793 bits per heavy atom. The van der Waals surface area contributed by atoms with Gasteiger partial charge < -0.3 is 0 Å². The van der Waals surface area contributed by atoms with Gasteiger partial charge in [0.2, 0.25) is 11.8 Å². The summed E-state index contributed by atoms with van der Waals surface area (Å²) in [5, 5.41) is 7.43. The lowest BCUT2D eigenvalue weighted by Gasteiger charge is -2.02. The first kappa shape index (κ1) is 22.2. The summed E-state index contributed by atoms with van der Waals surface area (Å²) < 4.78 is 26.8. The molecule has 2 rings (SSSR count). The molecule has 2 amide bonds. The van der Waals surface area contributed by atoms with Crippen LogP contribution >= 0.6 is 11.8 Å². The number of benzene rings is 2. The minimum absolute atomic E-state index is 0.215. The van der Waals surface area contributed by atoms with E-state index in [4.69, 9.17) is 0 Å². The average Bonchev–Trinajstić information content (AvgIpc) is 2.70. The van der Waals surface area contributed by atoms with Crippen molar-refractivity contribution in [3.05, 3.63) is 71.3 Å². The minimum Gasteiger partial charge on any atom is -0.273 e. The number of nitrogens with zero attached hydrogens (tertiary/aromatic N) is 2. The molecule has 29 heavy (non-hydrogen) atoms. The molecule has 0 radical (unpaired) electrons. The fourth-order valence-electron chi connectivity index (χ4n) is 2.05. The van der Waals surface area contributed by atoms with Crippen LogP contribution in [0.25, 0.3) is 0 Å². The van der Waals surface area contributed by atoms with Gasteiger partial charge in [0, 0.05) is 35.5 Å². The lowest BCUT2D eigenvalue weighted by atomic mass is 10.2. The van der Waals surface area contributed by atoms with Crippen molar-refractivity contribution in [1.29, 1.82) is 0 Å². The van der Waals surface area contributed by atoms with Crippen molar-refractivity contribution in [3.63, 3.8) is 0 Å². The van der Waals surface area contributed by atoms with Crippen LogP contribution in [-0.4, -0.2) is 35.7 Å². The number of amides is 2. The number of hydrogen-bond acceptors (Lipinski definition) is 5. The normalized spacial score (nSPS) is 11.1. The van der Waals surface area contributed by atoms with Gasteiger partial charge in [0.25, 0.3) is 0 Å². The zero-order valence-corrected chi connectivity index (χ0v) is 16.3. The molecule has 2 N–H and O–H groups in total. The van der Waals surface area contributed by atoms with Crippen molar-refractivity contribution >= 4 is 36.0 Å². The molecule has 9 heteroatoms. The largest absolute Gasteiger partial charge is 0.273 e. The highest BCUT2D eigenvalue weighted by atomic mass is 32.2. The van der Waals surface area contributed by atoms with Gasteiger partial charge >= 0.3 is 0 Å². The highest BCUT2D eigenvalue weighted by Crippen LogP contribution is 2.06. The van der Waals surface area contributed by atoms with Gasteiger partial charge in [-0.3, -0.25) is 9.59 Å². The van der Waals surface area contributed by atoms with E-state index in [-0.39, 0.29) is 35.8 Å². The molecule has 0 aliphatic rings. The maximum atomic E-state index is 13.4. The molecule has 0 atom stereocenters. The van der Waals surface area contributed by atoms with Crippen LogP contribution in [0.15, 0.2) is 58.7 Å². The lowest BCUT2D eigenvalue weighted by molar-refractivity contribution is -0.121. The van der Waals surface area contributed by atoms with Crippen LogP contribution in [0.1, 0.15) is 24.0 Å². The molecule has 0 aliphatic heterocycles. The predicted octanol–water partition coefficient (Wildman–Crippen LogP) is 3.08. The number of carbonyl (C=O) groups is 2. The third kappa shape index (κ3) is 8.65. The highest BCUT2D eigenvalue weighted by Gasteiger charge is 2.03. The Morgan fingerprint density at radius 2 is 1.21 bits per heavy atom. The SMILES string of the molecule is O=C(CCSCCC(=O)N/N=C/c1ccccc1F)N/N=C\c1ccccc1F. The fraction of sp³-hybridized carbons (Fsp3) is 0.200. The van der Waals surface area contributed by atoms with Gasteiger partial charge in [-0.25, -0.2) is 19.6 Å². The molecule has 0 aromatic heterocycles. The minimum atomic E-state index is -0.419. The topological polar surface area (TPSA) is 82.9 Å². The molecule has 2 aromatic rings. The van der Waals surface area contributed by atoms with E-state index in [1.165, 1.54) is 36.3 Å². The summed E-state index contributed by atoms with van der Waals surface area (Å²) in [6.45, 7) is 0. The molecular formula is C20H20F2N4O2S. The van der Waals surface area contributed by atoms with Crippen LogP contribution < -0.4 is 10.9 Å². The summed E-state index contributed by atoms with van der Waals surface area (Å²) in [5.41, 5.74) is 5.22. The van der Waals surface area contributed by atoms with Crippen LogP contribution in [0, 0.1) is 11.6 Å². The van der Waals surface area contributed by atoms with E-state index in [9.17, 15) is 18.4 Å². The second-order valence-electron chi connectivity index (χ2n) is 5.74.